The van der Waals surface area contributed by atoms with Crippen LogP contribution in [0.3, 0.4) is 0 Å². The quantitative estimate of drug-likeness (QED) is 0.111. The summed E-state index contributed by atoms with van der Waals surface area (Å²) in [6.45, 7) is 7.41. The summed E-state index contributed by atoms with van der Waals surface area (Å²) < 4.78 is 40.1. The van der Waals surface area contributed by atoms with Gasteiger partial charge in [0.2, 0.25) is 5.69 Å². The molecule has 6 rings (SSSR count). The third kappa shape index (κ3) is 5.31. The van der Waals surface area contributed by atoms with Crippen LogP contribution in [0.15, 0.2) is 94.6 Å². The van der Waals surface area contributed by atoms with Gasteiger partial charge in [-0.25, -0.2) is 0 Å². The van der Waals surface area contributed by atoms with Gasteiger partial charge in [0.25, 0.3) is 11.4 Å². The van der Waals surface area contributed by atoms with Gasteiger partial charge in [0.15, 0.2) is 10.6 Å². The zero-order valence-electron chi connectivity index (χ0n) is 24.8. The Hall–Kier alpha value is -5.10. The highest BCUT2D eigenvalue weighted by molar-refractivity contribution is 7.87. The van der Waals surface area contributed by atoms with Crippen molar-refractivity contribution in [2.24, 2.45) is 0 Å². The van der Waals surface area contributed by atoms with Gasteiger partial charge in [-0.2, -0.15) is 13.0 Å². The monoisotopic (exact) mass is 628 g/mol. The van der Waals surface area contributed by atoms with Gasteiger partial charge in [-0.3, -0.25) is 20.2 Å². The van der Waals surface area contributed by atoms with Gasteiger partial charge in [-0.1, -0.05) is 18.2 Å². The molecule has 0 saturated heterocycles. The smallest absolute Gasteiger partial charge is 0.346 e. The standard InChI is InChI=1S/C33H30N3O8S/c1-4-34-27-11-6-5-10-26(27)33(2,3)31(34)17-13-21-8-7-9-23-18-22-12-15-25(20-29(22)43-32(21)23)44-45(41,42)30-16-14-24(35(37)38)19-28(30)36(39)40/h5-6,10-20H,4,7-9H2,1-3H3/q+1/b17-13+. The number of benzene rings is 3. The third-order valence-electron chi connectivity index (χ3n) is 8.39. The van der Waals surface area contributed by atoms with E-state index in [2.05, 4.69) is 61.8 Å². The minimum absolute atomic E-state index is 0.119. The fraction of sp³-hybridized carbons (Fsp3) is 0.242. The molecule has 2 heterocycles. The second kappa shape index (κ2) is 11.1. The van der Waals surface area contributed by atoms with E-state index in [-0.39, 0.29) is 11.2 Å². The van der Waals surface area contributed by atoms with Crippen LogP contribution in [-0.2, 0) is 15.5 Å². The molecule has 45 heavy (non-hydrogen) atoms. The van der Waals surface area contributed by atoms with Gasteiger partial charge in [0.05, 0.1) is 21.3 Å². The van der Waals surface area contributed by atoms with Crippen LogP contribution in [0.5, 0.6) is 11.5 Å². The van der Waals surface area contributed by atoms with Crippen molar-refractivity contribution in [1.29, 1.82) is 0 Å². The first-order chi connectivity index (χ1) is 21.4. The van der Waals surface area contributed by atoms with Crippen LogP contribution in [0.2, 0.25) is 0 Å². The van der Waals surface area contributed by atoms with Crippen LogP contribution in [0.4, 0.5) is 17.1 Å². The maximum atomic E-state index is 13.1. The lowest BCUT2D eigenvalue weighted by molar-refractivity contribution is -0.433. The number of allylic oxidation sites excluding steroid dienone is 4. The number of hydrogen-bond donors (Lipinski definition) is 0. The molecular formula is C33H30N3O8S+. The van der Waals surface area contributed by atoms with E-state index in [4.69, 9.17) is 8.92 Å². The number of nitro benzene ring substituents is 2. The van der Waals surface area contributed by atoms with Crippen LogP contribution in [0.25, 0.3) is 6.08 Å². The molecule has 2 aliphatic heterocycles. The van der Waals surface area contributed by atoms with Crippen molar-refractivity contribution in [3.63, 3.8) is 0 Å². The van der Waals surface area contributed by atoms with Crippen LogP contribution >= 0.6 is 0 Å². The molecule has 230 valence electrons. The predicted octanol–water partition coefficient (Wildman–Crippen LogP) is 7.14. The van der Waals surface area contributed by atoms with Gasteiger partial charge in [-0.05, 0) is 81.5 Å². The number of non-ortho nitro benzene ring substituents is 1. The maximum absolute atomic E-state index is 13.1. The Morgan fingerprint density at radius 3 is 2.51 bits per heavy atom. The molecule has 0 fully saturated rings. The van der Waals surface area contributed by atoms with E-state index in [9.17, 15) is 28.6 Å². The van der Waals surface area contributed by atoms with Gasteiger partial charge in [-0.15, -0.1) is 0 Å². The maximum Gasteiger partial charge on any atom is 0.346 e. The molecule has 3 aliphatic rings. The first kappa shape index (κ1) is 29.9. The van der Waals surface area contributed by atoms with E-state index in [0.29, 0.717) is 17.6 Å². The molecule has 0 atom stereocenters. The molecule has 12 heteroatoms. The number of nitro groups is 2. The highest BCUT2D eigenvalue weighted by Crippen LogP contribution is 2.43. The van der Waals surface area contributed by atoms with Crippen LogP contribution < -0.4 is 8.92 Å². The minimum Gasteiger partial charge on any atom is -0.456 e. The number of para-hydroxylation sites is 1. The molecule has 1 aliphatic carbocycles. The Morgan fingerprint density at radius 1 is 1.00 bits per heavy atom. The SMILES string of the molecule is CC[N+]1=C(/C=C/C2=C3Oc4cc(OS(=O)(=O)c5ccc([N+](=O)[O-])cc5[N+](=O)[O-])ccc4C=C3CCC2)C(C)(C)c2ccccc21. The molecule has 3 aromatic carbocycles. The summed E-state index contributed by atoms with van der Waals surface area (Å²) in [6.07, 6.45) is 8.88. The molecule has 0 aromatic heterocycles. The Kier molecular flexibility index (Phi) is 7.40. The topological polar surface area (TPSA) is 142 Å². The van der Waals surface area contributed by atoms with Crippen molar-refractivity contribution < 1.29 is 31.8 Å². The highest BCUT2D eigenvalue weighted by Gasteiger charge is 2.43. The van der Waals surface area contributed by atoms with Gasteiger partial charge < -0.3 is 8.92 Å². The third-order valence-corrected chi connectivity index (χ3v) is 9.68. The summed E-state index contributed by atoms with van der Waals surface area (Å²) in [7, 11) is -4.72. The van der Waals surface area contributed by atoms with E-state index in [0.717, 1.165) is 54.6 Å². The van der Waals surface area contributed by atoms with Gasteiger partial charge >= 0.3 is 10.1 Å². The van der Waals surface area contributed by atoms with Crippen molar-refractivity contribution in [2.75, 3.05) is 6.54 Å². The Bertz CT molecular complexity index is 2020. The lowest BCUT2D eigenvalue weighted by atomic mass is 9.81. The zero-order chi connectivity index (χ0) is 32.1. The number of hydrogen-bond acceptors (Lipinski definition) is 8. The Balaban J connectivity index is 1.31. The molecule has 0 amide bonds. The van der Waals surface area contributed by atoms with E-state index in [1.54, 1.807) is 6.07 Å². The van der Waals surface area contributed by atoms with Crippen LogP contribution in [-0.4, -0.2) is 35.1 Å². The van der Waals surface area contributed by atoms with Crippen molar-refractivity contribution in [3.05, 3.63) is 121 Å². The highest BCUT2D eigenvalue weighted by atomic mass is 32.2. The normalized spacial score (nSPS) is 16.9. The molecule has 0 spiro atoms. The average molecular weight is 629 g/mol. The first-order valence-electron chi connectivity index (χ1n) is 14.5. The van der Waals surface area contributed by atoms with Crippen molar-refractivity contribution in [3.8, 4) is 11.5 Å². The van der Waals surface area contributed by atoms with Crippen LogP contribution in [0, 0.1) is 20.2 Å². The minimum atomic E-state index is -4.72. The number of fused-ring (bicyclic) bond motifs is 3. The second-order valence-electron chi connectivity index (χ2n) is 11.5. The fourth-order valence-corrected chi connectivity index (χ4v) is 7.28. The van der Waals surface area contributed by atoms with E-state index < -0.39 is 36.2 Å². The molecule has 0 radical (unpaired) electrons. The zero-order valence-corrected chi connectivity index (χ0v) is 25.7. The molecule has 0 N–H and O–H groups in total. The lowest BCUT2D eigenvalue weighted by Crippen LogP contribution is -2.27. The predicted molar refractivity (Wildman–Crippen MR) is 168 cm³/mol. The summed E-state index contributed by atoms with van der Waals surface area (Å²) in [6, 6.07) is 15.2. The molecule has 0 unspecified atom stereocenters. The molecule has 0 bridgehead atoms. The van der Waals surface area contributed by atoms with Crippen molar-refractivity contribution >= 4 is 39.0 Å². The van der Waals surface area contributed by atoms with Gasteiger partial charge in [0.1, 0.15) is 23.8 Å². The lowest BCUT2D eigenvalue weighted by Gasteiger charge is -2.26. The molecule has 3 aromatic rings. The summed E-state index contributed by atoms with van der Waals surface area (Å²) in [5.41, 5.74) is 4.72. The summed E-state index contributed by atoms with van der Waals surface area (Å²) in [4.78, 5) is 20.0. The van der Waals surface area contributed by atoms with E-state index >= 15 is 0 Å². The summed E-state index contributed by atoms with van der Waals surface area (Å²) in [5.74, 6) is 0.975. The Labute approximate surface area is 259 Å². The number of ether oxygens (including phenoxy) is 1. The average Bonchev–Trinajstić information content (AvgIpc) is 3.23. The summed E-state index contributed by atoms with van der Waals surface area (Å²) in [5, 5.41) is 22.6. The van der Waals surface area contributed by atoms with E-state index in [1.807, 2.05) is 6.08 Å². The molecule has 11 nitrogen and oxygen atoms in total. The fourth-order valence-electron chi connectivity index (χ4n) is 6.21. The summed E-state index contributed by atoms with van der Waals surface area (Å²) >= 11 is 0. The second-order valence-corrected chi connectivity index (χ2v) is 13.0. The number of rotatable bonds is 8. The van der Waals surface area contributed by atoms with Crippen LogP contribution in [0.1, 0.15) is 51.2 Å². The van der Waals surface area contributed by atoms with Gasteiger partial charge in [0, 0.05) is 35.4 Å². The van der Waals surface area contributed by atoms with E-state index in [1.165, 1.54) is 29.1 Å². The largest absolute Gasteiger partial charge is 0.456 e. The number of nitrogens with zero attached hydrogens (tertiary/aromatic N) is 3. The van der Waals surface area contributed by atoms with Crippen molar-refractivity contribution in [2.45, 2.75) is 50.3 Å². The molecular weight excluding hydrogens is 598 g/mol. The Morgan fingerprint density at radius 2 is 1.78 bits per heavy atom. The molecule has 0 saturated carbocycles. The van der Waals surface area contributed by atoms with Crippen molar-refractivity contribution in [1.82, 2.24) is 0 Å². The first-order valence-corrected chi connectivity index (χ1v) is 15.9.